The molecule has 0 aliphatic heterocycles. The molecule has 0 radical (unpaired) electrons. The van der Waals surface area contributed by atoms with Crippen LogP contribution < -0.4 is 0 Å². The van der Waals surface area contributed by atoms with E-state index in [9.17, 15) is 21.0 Å². The van der Waals surface area contributed by atoms with E-state index in [4.69, 9.17) is 0 Å². The Morgan fingerprint density at radius 2 is 0.700 bits per heavy atom. The van der Waals surface area contributed by atoms with Crippen LogP contribution in [0.15, 0.2) is 158 Å². The minimum Gasteiger partial charge on any atom is -0.309 e. The molecule has 0 saturated heterocycles. The topological polar surface area (TPSA) is 131 Å². The molecule has 0 atom stereocenters. The predicted molar refractivity (Wildman–Crippen MR) is 235 cm³/mol. The number of aromatic nitrogens is 4. The van der Waals surface area contributed by atoms with E-state index in [1.807, 2.05) is 97.3 Å². The summed E-state index contributed by atoms with van der Waals surface area (Å²) in [4.78, 5) is 9.16. The fourth-order valence-corrected chi connectivity index (χ4v) is 9.01. The summed E-state index contributed by atoms with van der Waals surface area (Å²) < 4.78 is 4.41. The van der Waals surface area contributed by atoms with E-state index in [2.05, 4.69) is 91.9 Å². The van der Waals surface area contributed by atoms with Crippen molar-refractivity contribution in [2.45, 2.75) is 0 Å². The van der Waals surface area contributed by atoms with Crippen molar-refractivity contribution < 1.29 is 0 Å². The van der Waals surface area contributed by atoms with Crippen molar-refractivity contribution in [1.82, 2.24) is 19.1 Å². The summed E-state index contributed by atoms with van der Waals surface area (Å²) in [6.45, 7) is 0. The molecule has 4 heterocycles. The number of hydrogen-bond donors (Lipinski definition) is 0. The Morgan fingerprint density at radius 3 is 1.00 bits per heavy atom. The lowest BCUT2D eigenvalue weighted by Crippen LogP contribution is -1.98. The monoisotopic (exact) mass is 762 g/mol. The van der Waals surface area contributed by atoms with E-state index in [0.717, 1.165) is 98.8 Å². The van der Waals surface area contributed by atoms with Gasteiger partial charge in [-0.2, -0.15) is 21.0 Å². The van der Waals surface area contributed by atoms with Gasteiger partial charge in [0.2, 0.25) is 0 Å². The molecule has 0 aliphatic carbocycles. The first-order valence-corrected chi connectivity index (χ1v) is 19.2. The summed E-state index contributed by atoms with van der Waals surface area (Å²) >= 11 is 0. The van der Waals surface area contributed by atoms with Crippen molar-refractivity contribution in [3.63, 3.8) is 0 Å². The highest BCUT2D eigenvalue weighted by atomic mass is 15.0. The first-order valence-electron chi connectivity index (χ1n) is 19.2. The van der Waals surface area contributed by atoms with E-state index in [-0.39, 0.29) is 0 Å². The molecular weight excluding hydrogens is 737 g/mol. The van der Waals surface area contributed by atoms with Gasteiger partial charge in [0.05, 0.1) is 68.6 Å². The van der Waals surface area contributed by atoms with E-state index >= 15 is 0 Å². The maximum Gasteiger partial charge on any atom is 0.0991 e. The molecule has 0 saturated carbocycles. The Morgan fingerprint density at radius 1 is 0.350 bits per heavy atom. The van der Waals surface area contributed by atoms with Gasteiger partial charge in [0, 0.05) is 68.8 Å². The van der Waals surface area contributed by atoms with Gasteiger partial charge in [-0.1, -0.05) is 24.3 Å². The number of rotatable bonds is 4. The number of fused-ring (bicyclic) bond motifs is 8. The molecule has 0 aliphatic rings. The third-order valence-corrected chi connectivity index (χ3v) is 11.5. The molecule has 0 unspecified atom stereocenters. The Labute approximate surface area is 342 Å². The fraction of sp³-hybridized carbons (Fsp3) is 0. The van der Waals surface area contributed by atoms with Crippen LogP contribution in [0.25, 0.3) is 98.8 Å². The summed E-state index contributed by atoms with van der Waals surface area (Å²) in [7, 11) is 0. The molecule has 60 heavy (non-hydrogen) atoms. The molecule has 8 heteroatoms. The summed E-state index contributed by atoms with van der Waals surface area (Å²) in [6.07, 6.45) is 7.36. The van der Waals surface area contributed by atoms with Crippen LogP contribution in [-0.2, 0) is 0 Å². The molecule has 11 aromatic rings. The molecule has 274 valence electrons. The minimum atomic E-state index is 0.549. The van der Waals surface area contributed by atoms with Crippen molar-refractivity contribution in [1.29, 1.82) is 21.0 Å². The SMILES string of the molecule is N#Cc1ccc2c(c1)c1cc(C#N)ccc1n2-c1ccc2c(-c3cccnc3)c3cc(-n4c5ccc(C#N)cc5c5cc(C#N)ccc54)ccc3c(-c3cccnc3)c2c1. The largest absolute Gasteiger partial charge is 0.309 e. The summed E-state index contributed by atoms with van der Waals surface area (Å²) in [5.41, 5.74) is 11.7. The highest BCUT2D eigenvalue weighted by Gasteiger charge is 2.22. The van der Waals surface area contributed by atoms with Gasteiger partial charge in [-0.25, -0.2) is 0 Å². The van der Waals surface area contributed by atoms with Gasteiger partial charge in [0.1, 0.15) is 0 Å². The van der Waals surface area contributed by atoms with E-state index in [1.54, 1.807) is 12.4 Å². The number of nitrogens with zero attached hydrogens (tertiary/aromatic N) is 8. The highest BCUT2D eigenvalue weighted by Crippen LogP contribution is 2.46. The first kappa shape index (κ1) is 34.2. The van der Waals surface area contributed by atoms with Crippen molar-refractivity contribution >= 4 is 65.2 Å². The van der Waals surface area contributed by atoms with Crippen LogP contribution in [0.3, 0.4) is 0 Å². The minimum absolute atomic E-state index is 0.549. The summed E-state index contributed by atoms with van der Waals surface area (Å²) in [5.74, 6) is 0. The second-order valence-electron chi connectivity index (χ2n) is 14.7. The van der Waals surface area contributed by atoms with Crippen LogP contribution in [0.5, 0.6) is 0 Å². The van der Waals surface area contributed by atoms with Crippen molar-refractivity contribution in [3.8, 4) is 57.9 Å². The molecule has 0 spiro atoms. The zero-order chi connectivity index (χ0) is 40.5. The Balaban J connectivity index is 1.26. The molecule has 8 nitrogen and oxygen atoms in total. The molecular formula is C52H26N8. The normalized spacial score (nSPS) is 11.3. The molecule has 0 amide bonds. The van der Waals surface area contributed by atoms with Crippen LogP contribution in [0.2, 0.25) is 0 Å². The first-order chi connectivity index (χ1) is 29.6. The van der Waals surface area contributed by atoms with Gasteiger partial charge >= 0.3 is 0 Å². The average Bonchev–Trinajstić information content (AvgIpc) is 3.81. The van der Waals surface area contributed by atoms with E-state index in [1.165, 1.54) is 0 Å². The van der Waals surface area contributed by atoms with Crippen LogP contribution in [0, 0.1) is 45.3 Å². The van der Waals surface area contributed by atoms with E-state index < -0.39 is 0 Å². The third-order valence-electron chi connectivity index (χ3n) is 11.5. The maximum absolute atomic E-state index is 9.82. The van der Waals surface area contributed by atoms with Crippen LogP contribution in [-0.4, -0.2) is 19.1 Å². The average molecular weight is 763 g/mol. The number of hydrogen-bond acceptors (Lipinski definition) is 6. The number of nitriles is 4. The second kappa shape index (κ2) is 13.3. The quantitative estimate of drug-likeness (QED) is 0.164. The number of pyridine rings is 2. The maximum atomic E-state index is 9.82. The van der Waals surface area contributed by atoms with Crippen molar-refractivity contribution in [2.24, 2.45) is 0 Å². The fourth-order valence-electron chi connectivity index (χ4n) is 9.01. The van der Waals surface area contributed by atoms with Crippen LogP contribution >= 0.6 is 0 Å². The van der Waals surface area contributed by atoms with E-state index in [0.29, 0.717) is 22.3 Å². The van der Waals surface area contributed by atoms with Gasteiger partial charge in [-0.3, -0.25) is 9.97 Å². The highest BCUT2D eigenvalue weighted by molar-refractivity contribution is 6.22. The molecule has 7 aromatic carbocycles. The van der Waals surface area contributed by atoms with Crippen molar-refractivity contribution in [2.75, 3.05) is 0 Å². The Hall–Kier alpha value is -9.08. The second-order valence-corrected chi connectivity index (χ2v) is 14.7. The molecule has 0 bridgehead atoms. The predicted octanol–water partition coefficient (Wildman–Crippen LogP) is 11.8. The van der Waals surface area contributed by atoms with Gasteiger partial charge in [-0.15, -0.1) is 0 Å². The van der Waals surface area contributed by atoms with Crippen LogP contribution in [0.4, 0.5) is 0 Å². The lowest BCUT2D eigenvalue weighted by Gasteiger charge is -2.20. The zero-order valence-electron chi connectivity index (χ0n) is 31.6. The van der Waals surface area contributed by atoms with Gasteiger partial charge in [0.25, 0.3) is 0 Å². The van der Waals surface area contributed by atoms with Crippen LogP contribution in [0.1, 0.15) is 22.3 Å². The van der Waals surface area contributed by atoms with Gasteiger partial charge in [-0.05, 0) is 142 Å². The van der Waals surface area contributed by atoms with Crippen molar-refractivity contribution in [3.05, 3.63) is 181 Å². The smallest absolute Gasteiger partial charge is 0.0991 e. The number of benzene rings is 7. The summed E-state index contributed by atoms with van der Waals surface area (Å²) in [5, 5.41) is 46.9. The summed E-state index contributed by atoms with van der Waals surface area (Å²) in [6, 6.07) is 53.1. The third kappa shape index (κ3) is 5.07. The van der Waals surface area contributed by atoms with Gasteiger partial charge in [0.15, 0.2) is 0 Å². The van der Waals surface area contributed by atoms with Gasteiger partial charge < -0.3 is 9.13 Å². The lowest BCUT2D eigenvalue weighted by molar-refractivity contribution is 1.18. The Kier molecular flexibility index (Phi) is 7.56. The lowest BCUT2D eigenvalue weighted by atomic mass is 9.86. The molecule has 0 N–H and O–H groups in total. The molecule has 0 fully saturated rings. The molecule has 11 rings (SSSR count). The standard InChI is InChI=1S/C52H26N8/c53-25-31-5-13-47-41(19-31)42-20-32(26-54)6-14-48(42)59(47)37-10-12-40-45(23-37)51(35-3-1-17-57-29-35)39-11-9-38(24-46(39)52(40)36-4-2-18-58-30-36)60-49-15-7-33(27-55)21-43(49)44-22-34(28-56)8-16-50(44)60/h1-24,29-30H. The zero-order valence-corrected chi connectivity index (χ0v) is 31.6. The Bertz CT molecular complexity index is 3420. The molecule has 4 aromatic heterocycles.